The molecule has 0 bridgehead atoms. The van der Waals surface area contributed by atoms with Gasteiger partial charge in [0.25, 0.3) is 5.91 Å². The van der Waals surface area contributed by atoms with Crippen molar-refractivity contribution in [1.82, 2.24) is 0 Å². The number of carbonyl (C=O) groups is 1. The van der Waals surface area contributed by atoms with E-state index in [2.05, 4.69) is 5.32 Å². The van der Waals surface area contributed by atoms with Gasteiger partial charge in [-0.3, -0.25) is 4.79 Å². The second kappa shape index (κ2) is 6.68. The average molecular weight is 286 g/mol. The van der Waals surface area contributed by atoms with Gasteiger partial charge in [0.05, 0.1) is 0 Å². The van der Waals surface area contributed by atoms with Crippen molar-refractivity contribution in [3.8, 4) is 5.75 Å². The molecule has 0 aromatic heterocycles. The maximum absolute atomic E-state index is 11.7. The molecule has 2 aromatic carbocycles. The third kappa shape index (κ3) is 4.07. The van der Waals surface area contributed by atoms with Crippen molar-refractivity contribution in [2.75, 3.05) is 11.9 Å². The lowest BCUT2D eigenvalue weighted by molar-refractivity contribution is -0.118. The Bertz CT molecular complexity index is 614. The van der Waals surface area contributed by atoms with E-state index in [0.717, 1.165) is 5.69 Å². The maximum Gasteiger partial charge on any atom is 0.262 e. The van der Waals surface area contributed by atoms with Gasteiger partial charge in [0.15, 0.2) is 6.61 Å². The van der Waals surface area contributed by atoms with Gasteiger partial charge in [-0.25, -0.2) is 0 Å². The Kier molecular flexibility index (Phi) is 4.68. The first-order chi connectivity index (χ1) is 9.65. The molecule has 1 amide bonds. The molecule has 5 heteroatoms. The number of hydrogen-bond donors (Lipinski definition) is 2. The summed E-state index contributed by atoms with van der Waals surface area (Å²) >= 11 is 4.89. The predicted octanol–water partition coefficient (Wildman–Crippen LogP) is 2.34. The van der Waals surface area contributed by atoms with Gasteiger partial charge in [0, 0.05) is 11.3 Å². The number of para-hydroxylation sites is 1. The quantitative estimate of drug-likeness (QED) is 0.828. The zero-order valence-corrected chi connectivity index (χ0v) is 11.5. The largest absolute Gasteiger partial charge is 0.484 e. The van der Waals surface area contributed by atoms with Gasteiger partial charge in [-0.1, -0.05) is 42.5 Å². The van der Waals surface area contributed by atoms with E-state index in [1.807, 2.05) is 30.3 Å². The number of nitrogens with one attached hydrogen (secondary N) is 1. The SMILES string of the molecule is NC(=S)c1cccc(OCC(=O)Nc2ccccc2)c1. The minimum absolute atomic E-state index is 0.0737. The Hall–Kier alpha value is -2.40. The average Bonchev–Trinajstić information content (AvgIpc) is 2.46. The second-order valence-corrected chi connectivity index (χ2v) is 4.53. The highest BCUT2D eigenvalue weighted by atomic mass is 32.1. The summed E-state index contributed by atoms with van der Waals surface area (Å²) in [5.41, 5.74) is 6.98. The van der Waals surface area contributed by atoms with Crippen LogP contribution < -0.4 is 15.8 Å². The molecule has 0 heterocycles. The fourth-order valence-electron chi connectivity index (χ4n) is 1.61. The maximum atomic E-state index is 11.7. The van der Waals surface area contributed by atoms with Crippen LogP contribution in [0.25, 0.3) is 0 Å². The summed E-state index contributed by atoms with van der Waals surface area (Å²) in [4.78, 5) is 12.0. The first-order valence-electron chi connectivity index (χ1n) is 6.03. The smallest absolute Gasteiger partial charge is 0.262 e. The zero-order valence-electron chi connectivity index (χ0n) is 10.7. The highest BCUT2D eigenvalue weighted by Crippen LogP contribution is 2.13. The molecule has 4 nitrogen and oxygen atoms in total. The summed E-state index contributed by atoms with van der Waals surface area (Å²) in [6.45, 7) is -0.0737. The van der Waals surface area contributed by atoms with Crippen molar-refractivity contribution in [3.63, 3.8) is 0 Å². The van der Waals surface area contributed by atoms with E-state index in [0.29, 0.717) is 16.3 Å². The van der Waals surface area contributed by atoms with E-state index in [9.17, 15) is 4.79 Å². The van der Waals surface area contributed by atoms with Crippen molar-refractivity contribution >= 4 is 28.8 Å². The minimum atomic E-state index is -0.225. The topological polar surface area (TPSA) is 64.3 Å². The lowest BCUT2D eigenvalue weighted by Crippen LogP contribution is -2.20. The number of amides is 1. The molecule has 0 saturated heterocycles. The molecule has 20 heavy (non-hydrogen) atoms. The molecule has 0 fully saturated rings. The lowest BCUT2D eigenvalue weighted by atomic mass is 10.2. The number of hydrogen-bond acceptors (Lipinski definition) is 3. The van der Waals surface area contributed by atoms with Crippen molar-refractivity contribution in [2.24, 2.45) is 5.73 Å². The van der Waals surface area contributed by atoms with Crippen LogP contribution in [0.3, 0.4) is 0 Å². The molecular formula is C15H14N2O2S. The standard InChI is InChI=1S/C15H14N2O2S/c16-15(20)11-5-4-8-13(9-11)19-10-14(18)17-12-6-2-1-3-7-12/h1-9H,10H2,(H2,16,20)(H,17,18). The Balaban J connectivity index is 1.90. The van der Waals surface area contributed by atoms with Gasteiger partial charge in [-0.2, -0.15) is 0 Å². The van der Waals surface area contributed by atoms with E-state index >= 15 is 0 Å². The Morgan fingerprint density at radius 2 is 1.90 bits per heavy atom. The first kappa shape index (κ1) is 14.0. The van der Waals surface area contributed by atoms with Gasteiger partial charge in [0.1, 0.15) is 10.7 Å². The Labute approximate surface area is 122 Å². The Morgan fingerprint density at radius 1 is 1.15 bits per heavy atom. The summed E-state index contributed by atoms with van der Waals surface area (Å²) in [6, 6.07) is 16.2. The summed E-state index contributed by atoms with van der Waals surface area (Å²) in [5.74, 6) is 0.329. The van der Waals surface area contributed by atoms with Crippen LogP contribution in [0.5, 0.6) is 5.75 Å². The van der Waals surface area contributed by atoms with Gasteiger partial charge < -0.3 is 15.8 Å². The minimum Gasteiger partial charge on any atom is -0.484 e. The number of thiocarbonyl (C=S) groups is 1. The third-order valence-corrected chi connectivity index (χ3v) is 2.78. The van der Waals surface area contributed by atoms with Crippen molar-refractivity contribution < 1.29 is 9.53 Å². The van der Waals surface area contributed by atoms with Crippen LogP contribution in [0.1, 0.15) is 5.56 Å². The van der Waals surface area contributed by atoms with E-state index in [1.54, 1.807) is 24.3 Å². The van der Waals surface area contributed by atoms with Crippen LogP contribution in [-0.2, 0) is 4.79 Å². The van der Waals surface area contributed by atoms with Crippen LogP contribution >= 0.6 is 12.2 Å². The number of benzene rings is 2. The summed E-state index contributed by atoms with van der Waals surface area (Å²) in [5, 5.41) is 2.74. The van der Waals surface area contributed by atoms with Crippen LogP contribution in [0.2, 0.25) is 0 Å². The number of anilines is 1. The molecule has 0 radical (unpaired) electrons. The zero-order chi connectivity index (χ0) is 14.4. The number of rotatable bonds is 5. The van der Waals surface area contributed by atoms with Gasteiger partial charge in [-0.05, 0) is 24.3 Å². The monoisotopic (exact) mass is 286 g/mol. The molecule has 0 saturated carbocycles. The summed E-state index contributed by atoms with van der Waals surface area (Å²) in [7, 11) is 0. The lowest BCUT2D eigenvalue weighted by Gasteiger charge is -2.08. The first-order valence-corrected chi connectivity index (χ1v) is 6.43. The normalized spacial score (nSPS) is 9.80. The Morgan fingerprint density at radius 3 is 2.60 bits per heavy atom. The molecule has 0 spiro atoms. The van der Waals surface area contributed by atoms with E-state index < -0.39 is 0 Å². The molecular weight excluding hydrogens is 272 g/mol. The van der Waals surface area contributed by atoms with E-state index in [4.69, 9.17) is 22.7 Å². The van der Waals surface area contributed by atoms with Crippen LogP contribution in [0, 0.1) is 0 Å². The van der Waals surface area contributed by atoms with Crippen LogP contribution in [-0.4, -0.2) is 17.5 Å². The van der Waals surface area contributed by atoms with Crippen molar-refractivity contribution in [3.05, 3.63) is 60.2 Å². The second-order valence-electron chi connectivity index (χ2n) is 4.09. The molecule has 0 aliphatic carbocycles. The van der Waals surface area contributed by atoms with Gasteiger partial charge >= 0.3 is 0 Å². The van der Waals surface area contributed by atoms with Crippen LogP contribution in [0.4, 0.5) is 5.69 Å². The van der Waals surface area contributed by atoms with Gasteiger partial charge in [0.2, 0.25) is 0 Å². The molecule has 102 valence electrons. The van der Waals surface area contributed by atoms with Crippen LogP contribution in [0.15, 0.2) is 54.6 Å². The fourth-order valence-corrected chi connectivity index (χ4v) is 1.73. The fraction of sp³-hybridized carbons (Fsp3) is 0.0667. The van der Waals surface area contributed by atoms with E-state index in [1.165, 1.54) is 0 Å². The van der Waals surface area contributed by atoms with Gasteiger partial charge in [-0.15, -0.1) is 0 Å². The molecule has 0 aliphatic heterocycles. The molecule has 2 aromatic rings. The predicted molar refractivity (Wildman–Crippen MR) is 82.9 cm³/mol. The number of ether oxygens (including phenoxy) is 1. The highest BCUT2D eigenvalue weighted by molar-refractivity contribution is 7.80. The summed E-state index contributed by atoms with van der Waals surface area (Å²) in [6.07, 6.45) is 0. The van der Waals surface area contributed by atoms with Crippen molar-refractivity contribution in [1.29, 1.82) is 0 Å². The molecule has 0 aliphatic rings. The van der Waals surface area contributed by atoms with Crippen molar-refractivity contribution in [2.45, 2.75) is 0 Å². The third-order valence-electron chi connectivity index (χ3n) is 2.55. The molecule has 0 atom stereocenters. The molecule has 3 N–H and O–H groups in total. The van der Waals surface area contributed by atoms with E-state index in [-0.39, 0.29) is 12.5 Å². The number of nitrogens with two attached hydrogens (primary N) is 1. The molecule has 2 rings (SSSR count). The molecule has 0 unspecified atom stereocenters. The summed E-state index contributed by atoms with van der Waals surface area (Å²) < 4.78 is 5.40. The highest BCUT2D eigenvalue weighted by Gasteiger charge is 2.04. The number of carbonyl (C=O) groups excluding carboxylic acids is 1.